The number of nitrogens with zero attached hydrogens (tertiary/aromatic N) is 1. The molecule has 0 spiro atoms. The van der Waals surface area contributed by atoms with Crippen molar-refractivity contribution in [3.63, 3.8) is 0 Å². The molecule has 0 radical (unpaired) electrons. The monoisotopic (exact) mass is 268 g/mol. The van der Waals surface area contributed by atoms with Gasteiger partial charge in [-0.25, -0.2) is 12.7 Å². The molecule has 1 heterocycles. The Morgan fingerprint density at radius 3 is 2.44 bits per heavy atom. The van der Waals surface area contributed by atoms with Gasteiger partial charge in [0.1, 0.15) is 0 Å². The second-order valence-corrected chi connectivity index (χ2v) is 6.26. The van der Waals surface area contributed by atoms with Gasteiger partial charge in [0.15, 0.2) is 0 Å². The molecule has 0 bridgehead atoms. The summed E-state index contributed by atoms with van der Waals surface area (Å²) < 4.78 is 24.8. The van der Waals surface area contributed by atoms with E-state index in [-0.39, 0.29) is 23.5 Å². The van der Waals surface area contributed by atoms with Crippen LogP contribution in [0, 0.1) is 5.92 Å². The summed E-state index contributed by atoms with van der Waals surface area (Å²) in [6.45, 7) is 0.828. The van der Waals surface area contributed by atoms with Gasteiger partial charge in [-0.05, 0) is 12.8 Å². The van der Waals surface area contributed by atoms with E-state index in [9.17, 15) is 13.2 Å². The number of hydrogen-bond acceptors (Lipinski definition) is 3. The Kier molecular flexibility index (Phi) is 5.01. The smallest absolute Gasteiger partial charge is 0.222 e. The van der Waals surface area contributed by atoms with Crippen molar-refractivity contribution in [2.75, 3.05) is 31.8 Å². The topological polar surface area (TPSA) is 66.5 Å². The highest BCUT2D eigenvalue weighted by Gasteiger charge is 2.30. The van der Waals surface area contributed by atoms with Crippen molar-refractivity contribution >= 4 is 27.5 Å². The van der Waals surface area contributed by atoms with Crippen molar-refractivity contribution in [2.45, 2.75) is 12.8 Å². The van der Waals surface area contributed by atoms with Gasteiger partial charge >= 0.3 is 0 Å². The third kappa shape index (κ3) is 3.33. The maximum Gasteiger partial charge on any atom is 0.222 e. The lowest BCUT2D eigenvalue weighted by molar-refractivity contribution is -0.125. The molecule has 1 aliphatic heterocycles. The Balaban J connectivity index is 2.52. The zero-order chi connectivity index (χ0) is 12.2. The largest absolute Gasteiger partial charge is 0.359 e. The van der Waals surface area contributed by atoms with E-state index in [4.69, 9.17) is 11.6 Å². The number of carbonyl (C=O) groups excluding carboxylic acids is 1. The number of carbonyl (C=O) groups is 1. The molecule has 5 nitrogen and oxygen atoms in total. The summed E-state index contributed by atoms with van der Waals surface area (Å²) >= 11 is 5.44. The van der Waals surface area contributed by atoms with E-state index in [1.807, 2.05) is 0 Å². The number of piperidine rings is 1. The first-order valence-corrected chi connectivity index (χ1v) is 7.41. The molecule has 1 saturated heterocycles. The van der Waals surface area contributed by atoms with E-state index in [1.165, 1.54) is 4.31 Å². The van der Waals surface area contributed by atoms with Crippen LogP contribution < -0.4 is 5.32 Å². The normalized spacial score (nSPS) is 19.6. The van der Waals surface area contributed by atoms with Crippen LogP contribution in [0.2, 0.25) is 0 Å². The Morgan fingerprint density at radius 1 is 1.44 bits per heavy atom. The van der Waals surface area contributed by atoms with Gasteiger partial charge in [0.2, 0.25) is 15.9 Å². The van der Waals surface area contributed by atoms with E-state index in [2.05, 4.69) is 5.32 Å². The van der Waals surface area contributed by atoms with E-state index < -0.39 is 10.0 Å². The number of alkyl halides is 1. The van der Waals surface area contributed by atoms with Crippen LogP contribution in [0.25, 0.3) is 0 Å². The molecule has 0 atom stereocenters. The van der Waals surface area contributed by atoms with E-state index >= 15 is 0 Å². The van der Waals surface area contributed by atoms with Crippen LogP contribution in [0.4, 0.5) is 0 Å². The molecule has 1 N–H and O–H groups in total. The minimum Gasteiger partial charge on any atom is -0.359 e. The fourth-order valence-electron chi connectivity index (χ4n) is 1.83. The van der Waals surface area contributed by atoms with Crippen LogP contribution in [0.5, 0.6) is 0 Å². The number of hydrogen-bond donors (Lipinski definition) is 1. The van der Waals surface area contributed by atoms with Gasteiger partial charge in [-0.2, -0.15) is 0 Å². The van der Waals surface area contributed by atoms with Gasteiger partial charge in [0, 0.05) is 31.9 Å². The molecular weight excluding hydrogens is 252 g/mol. The van der Waals surface area contributed by atoms with Crippen LogP contribution in [0.1, 0.15) is 12.8 Å². The van der Waals surface area contributed by atoms with Crippen LogP contribution in [-0.4, -0.2) is 50.4 Å². The van der Waals surface area contributed by atoms with Crippen LogP contribution in [-0.2, 0) is 14.8 Å². The van der Waals surface area contributed by atoms with Gasteiger partial charge in [-0.1, -0.05) is 0 Å². The molecule has 0 saturated carbocycles. The summed E-state index contributed by atoms with van der Waals surface area (Å²) in [4.78, 5) is 11.3. The average molecular weight is 269 g/mol. The summed E-state index contributed by atoms with van der Waals surface area (Å²) in [5, 5.41) is 2.59. The maximum absolute atomic E-state index is 11.7. The van der Waals surface area contributed by atoms with Gasteiger partial charge < -0.3 is 5.32 Å². The minimum atomic E-state index is -3.22. The van der Waals surface area contributed by atoms with Crippen molar-refractivity contribution in [3.05, 3.63) is 0 Å². The van der Waals surface area contributed by atoms with Crippen molar-refractivity contribution in [1.29, 1.82) is 0 Å². The molecule has 0 aromatic heterocycles. The maximum atomic E-state index is 11.7. The summed E-state index contributed by atoms with van der Waals surface area (Å²) in [6, 6.07) is 0. The molecular formula is C9H17ClN2O3S. The molecule has 0 aliphatic carbocycles. The van der Waals surface area contributed by atoms with Gasteiger partial charge in [-0.3, -0.25) is 4.79 Å². The van der Waals surface area contributed by atoms with Gasteiger partial charge in [0.25, 0.3) is 0 Å². The number of amides is 1. The highest BCUT2D eigenvalue weighted by molar-refractivity contribution is 7.89. The summed E-state index contributed by atoms with van der Waals surface area (Å²) in [5.41, 5.74) is 0. The molecule has 0 aromatic carbocycles. The van der Waals surface area contributed by atoms with E-state index in [0.29, 0.717) is 25.9 Å². The first-order valence-electron chi connectivity index (χ1n) is 5.26. The predicted octanol–water partition coefficient (Wildman–Crippen LogP) is 0.0130. The summed E-state index contributed by atoms with van der Waals surface area (Å²) in [5.74, 6) is 0.0125. The number of halogens is 1. The van der Waals surface area contributed by atoms with Crippen LogP contribution in [0.15, 0.2) is 0 Å². The van der Waals surface area contributed by atoms with Gasteiger partial charge in [-0.15, -0.1) is 11.6 Å². The molecule has 1 aliphatic rings. The van der Waals surface area contributed by atoms with Crippen LogP contribution in [0.3, 0.4) is 0 Å². The molecule has 0 aromatic rings. The fraction of sp³-hybridized carbons (Fsp3) is 0.889. The zero-order valence-electron chi connectivity index (χ0n) is 9.28. The lowest BCUT2D eigenvalue weighted by Gasteiger charge is -2.30. The third-order valence-electron chi connectivity index (χ3n) is 2.80. The minimum absolute atomic E-state index is 0.00519. The molecule has 1 amide bonds. The SMILES string of the molecule is CNC(=O)C1CCN(S(=O)(=O)CCCl)CC1. The summed E-state index contributed by atoms with van der Waals surface area (Å²) in [7, 11) is -1.62. The van der Waals surface area contributed by atoms with Crippen LogP contribution >= 0.6 is 11.6 Å². The fourth-order valence-corrected chi connectivity index (χ4v) is 3.63. The zero-order valence-corrected chi connectivity index (χ0v) is 10.9. The van der Waals surface area contributed by atoms with Crippen molar-refractivity contribution in [2.24, 2.45) is 5.92 Å². The van der Waals surface area contributed by atoms with Crippen molar-refractivity contribution in [3.8, 4) is 0 Å². The second kappa shape index (κ2) is 5.84. The van der Waals surface area contributed by atoms with E-state index in [1.54, 1.807) is 7.05 Å². The van der Waals surface area contributed by atoms with Crippen molar-refractivity contribution < 1.29 is 13.2 Å². The quantitative estimate of drug-likeness (QED) is 0.731. The highest BCUT2D eigenvalue weighted by atomic mass is 35.5. The lowest BCUT2D eigenvalue weighted by Crippen LogP contribution is -2.43. The lowest BCUT2D eigenvalue weighted by atomic mass is 9.97. The Bertz CT molecular complexity index is 337. The average Bonchev–Trinajstić information content (AvgIpc) is 2.28. The van der Waals surface area contributed by atoms with Gasteiger partial charge in [0.05, 0.1) is 5.75 Å². The number of rotatable bonds is 4. The number of nitrogens with one attached hydrogen (secondary N) is 1. The molecule has 0 unspecified atom stereocenters. The number of sulfonamides is 1. The molecule has 1 rings (SSSR count). The standard InChI is InChI=1S/C9H17ClN2O3S/c1-11-9(13)8-2-5-12(6-3-8)16(14,15)7-4-10/h8H,2-7H2,1H3,(H,11,13). The first-order chi connectivity index (χ1) is 7.51. The third-order valence-corrected chi connectivity index (χ3v) is 5.08. The van der Waals surface area contributed by atoms with Crippen molar-refractivity contribution in [1.82, 2.24) is 9.62 Å². The Labute approximate surface area is 101 Å². The molecule has 1 fully saturated rings. The molecule has 94 valence electrons. The second-order valence-electron chi connectivity index (χ2n) is 3.79. The Morgan fingerprint density at radius 2 is 2.00 bits per heavy atom. The highest BCUT2D eigenvalue weighted by Crippen LogP contribution is 2.19. The first kappa shape index (κ1) is 13.7. The molecule has 16 heavy (non-hydrogen) atoms. The Hall–Kier alpha value is -0.330. The predicted molar refractivity (Wildman–Crippen MR) is 62.9 cm³/mol. The van der Waals surface area contributed by atoms with E-state index in [0.717, 1.165) is 0 Å². The summed E-state index contributed by atoms with van der Waals surface area (Å²) in [6.07, 6.45) is 1.17. The molecule has 7 heteroatoms.